The van der Waals surface area contributed by atoms with Crippen molar-refractivity contribution in [1.82, 2.24) is 14.9 Å². The first-order chi connectivity index (χ1) is 10.5. The van der Waals surface area contributed by atoms with Crippen molar-refractivity contribution in [2.75, 3.05) is 31.6 Å². The molecule has 0 spiro atoms. The summed E-state index contributed by atoms with van der Waals surface area (Å²) in [6, 6.07) is 0.0786. The van der Waals surface area contributed by atoms with Gasteiger partial charge in [0.1, 0.15) is 11.6 Å². The predicted octanol–water partition coefficient (Wildman–Crippen LogP) is 1.66. The molecule has 2 heterocycles. The summed E-state index contributed by atoms with van der Waals surface area (Å²) in [7, 11) is 0. The van der Waals surface area contributed by atoms with E-state index >= 15 is 0 Å². The standard InChI is InChI=1S/C16H28N4O2.2ClH/c1-10(2)14-6-20(13(8-21)9-22)7-15(14)19-16-11(3)5-17-12(4)18-16;;/h5,10,13-15,21-22H,6-9H2,1-4H3,(H,17,18,19);2*1H/t14-,15+;;/m1../s1. The first-order valence-electron chi connectivity index (χ1n) is 7.98. The molecule has 0 unspecified atom stereocenters. The van der Waals surface area contributed by atoms with Crippen LogP contribution in [-0.4, -0.2) is 63.5 Å². The van der Waals surface area contributed by atoms with Gasteiger partial charge in [0.05, 0.1) is 19.3 Å². The molecule has 2 rings (SSSR count). The predicted molar refractivity (Wildman–Crippen MR) is 101 cm³/mol. The molecule has 1 aromatic rings. The maximum atomic E-state index is 9.43. The summed E-state index contributed by atoms with van der Waals surface area (Å²) < 4.78 is 0. The van der Waals surface area contributed by atoms with Crippen LogP contribution in [0.4, 0.5) is 5.82 Å². The number of hydrogen-bond acceptors (Lipinski definition) is 6. The molecule has 1 fully saturated rings. The molecule has 8 heteroatoms. The van der Waals surface area contributed by atoms with E-state index in [0.29, 0.717) is 11.8 Å². The fraction of sp³-hybridized carbons (Fsp3) is 0.750. The zero-order chi connectivity index (χ0) is 16.3. The third kappa shape index (κ3) is 5.43. The minimum atomic E-state index is -0.179. The number of likely N-dealkylation sites (tertiary alicyclic amines) is 1. The van der Waals surface area contributed by atoms with Crippen molar-refractivity contribution in [3.05, 3.63) is 17.6 Å². The van der Waals surface area contributed by atoms with Gasteiger partial charge in [0, 0.05) is 30.9 Å². The van der Waals surface area contributed by atoms with Crippen molar-refractivity contribution in [3.63, 3.8) is 0 Å². The molecule has 2 atom stereocenters. The number of aryl methyl sites for hydroxylation is 2. The van der Waals surface area contributed by atoms with E-state index in [1.54, 1.807) is 0 Å². The van der Waals surface area contributed by atoms with Gasteiger partial charge in [0.2, 0.25) is 0 Å². The van der Waals surface area contributed by atoms with Crippen LogP contribution in [0.15, 0.2) is 6.20 Å². The Kier molecular flexibility index (Phi) is 10.1. The summed E-state index contributed by atoms with van der Waals surface area (Å²) in [6.45, 7) is 9.98. The van der Waals surface area contributed by atoms with Crippen molar-refractivity contribution in [2.45, 2.75) is 39.8 Å². The lowest BCUT2D eigenvalue weighted by atomic mass is 9.91. The fourth-order valence-corrected chi connectivity index (χ4v) is 3.13. The Morgan fingerprint density at radius 2 is 1.83 bits per heavy atom. The Morgan fingerprint density at radius 1 is 1.21 bits per heavy atom. The molecular weight excluding hydrogens is 351 g/mol. The second-order valence-corrected chi connectivity index (χ2v) is 6.58. The van der Waals surface area contributed by atoms with E-state index in [9.17, 15) is 10.2 Å². The monoisotopic (exact) mass is 380 g/mol. The van der Waals surface area contributed by atoms with Gasteiger partial charge in [-0.15, -0.1) is 24.8 Å². The van der Waals surface area contributed by atoms with E-state index in [-0.39, 0.29) is 50.1 Å². The molecule has 1 saturated heterocycles. The van der Waals surface area contributed by atoms with Crippen LogP contribution in [-0.2, 0) is 0 Å². The lowest BCUT2D eigenvalue weighted by Gasteiger charge is -2.24. The van der Waals surface area contributed by atoms with Gasteiger partial charge in [0.25, 0.3) is 0 Å². The van der Waals surface area contributed by atoms with Gasteiger partial charge in [-0.25, -0.2) is 9.97 Å². The molecule has 3 N–H and O–H groups in total. The van der Waals surface area contributed by atoms with Crippen LogP contribution in [0.1, 0.15) is 25.2 Å². The summed E-state index contributed by atoms with van der Waals surface area (Å²) in [4.78, 5) is 10.9. The number of hydrogen-bond donors (Lipinski definition) is 3. The van der Waals surface area contributed by atoms with Crippen molar-refractivity contribution in [3.8, 4) is 0 Å². The smallest absolute Gasteiger partial charge is 0.132 e. The second kappa shape index (κ2) is 10.4. The van der Waals surface area contributed by atoms with Gasteiger partial charge < -0.3 is 15.5 Å². The highest BCUT2D eigenvalue weighted by Crippen LogP contribution is 2.28. The third-order valence-electron chi connectivity index (χ3n) is 4.60. The SMILES string of the molecule is Cc1ncc(C)c(N[C@H]2CN(C(CO)CO)C[C@@H]2C(C)C)n1.Cl.Cl. The number of halogens is 2. The average molecular weight is 381 g/mol. The van der Waals surface area contributed by atoms with E-state index in [4.69, 9.17) is 0 Å². The Bertz CT molecular complexity index is 501. The van der Waals surface area contributed by atoms with Gasteiger partial charge in [-0.2, -0.15) is 0 Å². The van der Waals surface area contributed by atoms with Crippen LogP contribution in [0.5, 0.6) is 0 Å². The van der Waals surface area contributed by atoms with Gasteiger partial charge in [-0.1, -0.05) is 13.8 Å². The molecule has 1 aliphatic heterocycles. The highest BCUT2D eigenvalue weighted by atomic mass is 35.5. The van der Waals surface area contributed by atoms with Gasteiger partial charge in [0.15, 0.2) is 0 Å². The average Bonchev–Trinajstić information content (AvgIpc) is 2.88. The number of aliphatic hydroxyl groups excluding tert-OH is 2. The van der Waals surface area contributed by atoms with Crippen molar-refractivity contribution >= 4 is 30.6 Å². The molecule has 0 saturated carbocycles. The van der Waals surface area contributed by atoms with Gasteiger partial charge >= 0.3 is 0 Å². The first kappa shape index (κ1) is 23.3. The Morgan fingerprint density at radius 3 is 2.38 bits per heavy atom. The zero-order valence-electron chi connectivity index (χ0n) is 14.8. The summed E-state index contributed by atoms with van der Waals surface area (Å²) >= 11 is 0. The molecule has 1 aromatic heterocycles. The number of nitrogens with one attached hydrogen (secondary N) is 1. The van der Waals surface area contributed by atoms with Gasteiger partial charge in [-0.3, -0.25) is 4.90 Å². The zero-order valence-corrected chi connectivity index (χ0v) is 16.4. The largest absolute Gasteiger partial charge is 0.395 e. The molecule has 0 amide bonds. The van der Waals surface area contributed by atoms with E-state index in [1.807, 2.05) is 20.0 Å². The van der Waals surface area contributed by atoms with E-state index < -0.39 is 0 Å². The summed E-state index contributed by atoms with van der Waals surface area (Å²) in [5, 5.41) is 22.4. The molecule has 24 heavy (non-hydrogen) atoms. The topological polar surface area (TPSA) is 81.5 Å². The van der Waals surface area contributed by atoms with Crippen molar-refractivity contribution < 1.29 is 10.2 Å². The first-order valence-corrected chi connectivity index (χ1v) is 7.98. The minimum absolute atomic E-state index is 0. The van der Waals surface area contributed by atoms with Crippen molar-refractivity contribution in [1.29, 1.82) is 0 Å². The quantitative estimate of drug-likeness (QED) is 0.696. The highest BCUT2D eigenvalue weighted by molar-refractivity contribution is 5.85. The van der Waals surface area contributed by atoms with Crippen LogP contribution in [0.25, 0.3) is 0 Å². The molecule has 0 radical (unpaired) electrons. The van der Waals surface area contributed by atoms with Crippen LogP contribution in [0.3, 0.4) is 0 Å². The number of anilines is 1. The van der Waals surface area contributed by atoms with Crippen LogP contribution >= 0.6 is 24.8 Å². The number of rotatable bonds is 6. The van der Waals surface area contributed by atoms with Crippen LogP contribution in [0, 0.1) is 25.7 Å². The summed E-state index contributed by atoms with van der Waals surface area (Å²) in [5.41, 5.74) is 1.03. The van der Waals surface area contributed by atoms with Gasteiger partial charge in [-0.05, 0) is 25.7 Å². The molecule has 0 bridgehead atoms. The van der Waals surface area contributed by atoms with Crippen molar-refractivity contribution in [2.24, 2.45) is 11.8 Å². The Labute approximate surface area is 156 Å². The van der Waals surface area contributed by atoms with E-state index in [1.165, 1.54) is 0 Å². The molecule has 6 nitrogen and oxygen atoms in total. The minimum Gasteiger partial charge on any atom is -0.395 e. The normalized spacial score (nSPS) is 20.8. The summed E-state index contributed by atoms with van der Waals surface area (Å²) in [6.07, 6.45) is 1.84. The van der Waals surface area contributed by atoms with Crippen LogP contribution in [0.2, 0.25) is 0 Å². The summed E-state index contributed by atoms with van der Waals surface area (Å²) in [5.74, 6) is 2.61. The number of aliphatic hydroxyl groups is 2. The Balaban J connectivity index is 0.00000264. The Hall–Kier alpha value is -0.660. The molecule has 0 aliphatic carbocycles. The second-order valence-electron chi connectivity index (χ2n) is 6.58. The maximum Gasteiger partial charge on any atom is 0.132 e. The highest BCUT2D eigenvalue weighted by Gasteiger charge is 2.37. The van der Waals surface area contributed by atoms with E-state index in [0.717, 1.165) is 30.3 Å². The number of aromatic nitrogens is 2. The van der Waals surface area contributed by atoms with E-state index in [2.05, 4.69) is 34.0 Å². The molecular formula is C16H30Cl2N4O2. The van der Waals surface area contributed by atoms with Crippen LogP contribution < -0.4 is 5.32 Å². The molecule has 0 aromatic carbocycles. The lowest BCUT2D eigenvalue weighted by Crippen LogP contribution is -2.40. The molecule has 1 aliphatic rings. The number of nitrogens with zero attached hydrogens (tertiary/aromatic N) is 3. The third-order valence-corrected chi connectivity index (χ3v) is 4.60. The fourth-order valence-electron chi connectivity index (χ4n) is 3.13. The maximum absolute atomic E-state index is 9.43. The lowest BCUT2D eigenvalue weighted by molar-refractivity contribution is 0.0862. The molecule has 140 valence electrons.